The molecule has 0 aromatic carbocycles. The van der Waals surface area contributed by atoms with Gasteiger partial charge >= 0.3 is 0 Å². The number of fused-ring (bicyclic) bond motifs is 1. The van der Waals surface area contributed by atoms with Gasteiger partial charge in [0.15, 0.2) is 5.65 Å². The lowest BCUT2D eigenvalue weighted by molar-refractivity contribution is -0.126. The van der Waals surface area contributed by atoms with E-state index in [4.69, 9.17) is 0 Å². The van der Waals surface area contributed by atoms with Gasteiger partial charge in [-0.2, -0.15) is 0 Å². The summed E-state index contributed by atoms with van der Waals surface area (Å²) in [5.74, 6) is -0.372. The average molecular weight is 344 g/mol. The van der Waals surface area contributed by atoms with Gasteiger partial charge in [0.05, 0.1) is 11.3 Å². The topological polar surface area (TPSA) is 112 Å². The van der Waals surface area contributed by atoms with Crippen LogP contribution in [0.5, 0.6) is 0 Å². The molecule has 2 aliphatic rings. The Labute approximate surface area is 143 Å². The third kappa shape index (κ3) is 2.91. The number of nitrogens with one attached hydrogen (secondary N) is 3. The molecule has 2 amide bonds. The summed E-state index contributed by atoms with van der Waals surface area (Å²) in [7, 11) is 0. The Kier molecular flexibility index (Phi) is 3.79. The molecule has 0 spiro atoms. The van der Waals surface area contributed by atoms with Crippen molar-refractivity contribution in [1.29, 1.82) is 0 Å². The zero-order chi connectivity index (χ0) is 17.6. The highest BCUT2D eigenvalue weighted by molar-refractivity contribution is 5.98. The Morgan fingerprint density at radius 1 is 1.36 bits per heavy atom. The van der Waals surface area contributed by atoms with Crippen molar-refractivity contribution in [3.8, 4) is 0 Å². The second-order valence-electron chi connectivity index (χ2n) is 6.57. The van der Waals surface area contributed by atoms with Crippen LogP contribution in [0.3, 0.4) is 0 Å². The largest absolute Gasteiger partial charge is 0.352 e. The van der Waals surface area contributed by atoms with Crippen molar-refractivity contribution in [1.82, 2.24) is 30.1 Å². The van der Waals surface area contributed by atoms with Crippen LogP contribution >= 0.6 is 0 Å². The van der Waals surface area contributed by atoms with E-state index >= 15 is 0 Å². The molecule has 1 atom stereocenters. The molecule has 4 rings (SSSR count). The monoisotopic (exact) mass is 344 g/mol. The Morgan fingerprint density at radius 3 is 2.92 bits per heavy atom. The molecule has 1 saturated heterocycles. The van der Waals surface area contributed by atoms with Crippen molar-refractivity contribution >= 4 is 17.5 Å². The number of aromatic amines is 1. The zero-order valence-corrected chi connectivity index (χ0v) is 13.9. The molecule has 25 heavy (non-hydrogen) atoms. The van der Waals surface area contributed by atoms with Crippen molar-refractivity contribution in [2.75, 3.05) is 19.6 Å². The van der Waals surface area contributed by atoms with E-state index < -0.39 is 6.04 Å². The Hall–Kier alpha value is -2.68. The molecule has 132 valence electrons. The number of carbonyl (C=O) groups is 2. The van der Waals surface area contributed by atoms with E-state index in [0.29, 0.717) is 36.5 Å². The van der Waals surface area contributed by atoms with E-state index in [9.17, 15) is 14.4 Å². The zero-order valence-electron chi connectivity index (χ0n) is 13.9. The van der Waals surface area contributed by atoms with Crippen LogP contribution in [0.25, 0.3) is 5.65 Å². The molecule has 2 aromatic rings. The SMILES string of the molecule is Cc1c(C(=O)N2CCNC[C@@H]2C(=O)NC2CC2)cnc2cc(=O)[nH]n12. The van der Waals surface area contributed by atoms with Crippen LogP contribution in [-0.2, 0) is 4.79 Å². The van der Waals surface area contributed by atoms with E-state index in [-0.39, 0.29) is 23.4 Å². The number of H-pyrrole nitrogens is 1. The number of rotatable bonds is 3. The highest BCUT2D eigenvalue weighted by Crippen LogP contribution is 2.20. The molecule has 1 aliphatic heterocycles. The summed E-state index contributed by atoms with van der Waals surface area (Å²) in [6.45, 7) is 3.26. The number of hydrogen-bond donors (Lipinski definition) is 3. The first-order chi connectivity index (χ1) is 12.0. The van der Waals surface area contributed by atoms with Gasteiger partial charge in [0.2, 0.25) is 5.91 Å². The second-order valence-corrected chi connectivity index (χ2v) is 6.57. The van der Waals surface area contributed by atoms with Crippen LogP contribution in [-0.4, -0.2) is 63.0 Å². The molecule has 2 aromatic heterocycles. The number of carbonyl (C=O) groups excluding carboxylic acids is 2. The molecular formula is C16H20N6O3. The van der Waals surface area contributed by atoms with Crippen molar-refractivity contribution in [3.05, 3.63) is 33.9 Å². The van der Waals surface area contributed by atoms with Gasteiger partial charge in [-0.05, 0) is 19.8 Å². The number of hydrogen-bond acceptors (Lipinski definition) is 5. The predicted octanol–water partition coefficient (Wildman–Crippen LogP) is -0.976. The summed E-state index contributed by atoms with van der Waals surface area (Å²) in [5.41, 5.74) is 1.16. The van der Waals surface area contributed by atoms with Gasteiger partial charge in [0.1, 0.15) is 6.04 Å². The van der Waals surface area contributed by atoms with Crippen molar-refractivity contribution in [2.45, 2.75) is 31.8 Å². The fourth-order valence-corrected chi connectivity index (χ4v) is 3.15. The summed E-state index contributed by atoms with van der Waals surface area (Å²) < 4.78 is 1.50. The lowest BCUT2D eigenvalue weighted by atomic mass is 10.1. The summed E-state index contributed by atoms with van der Waals surface area (Å²) in [4.78, 5) is 42.8. The first-order valence-electron chi connectivity index (χ1n) is 8.44. The fraction of sp³-hybridized carbons (Fsp3) is 0.500. The highest BCUT2D eigenvalue weighted by Gasteiger charge is 2.36. The van der Waals surface area contributed by atoms with Gasteiger partial charge < -0.3 is 15.5 Å². The smallest absolute Gasteiger partial charge is 0.266 e. The minimum atomic E-state index is -0.541. The van der Waals surface area contributed by atoms with Crippen LogP contribution in [0.2, 0.25) is 0 Å². The lowest BCUT2D eigenvalue weighted by Gasteiger charge is -2.35. The number of aryl methyl sites for hydroxylation is 1. The van der Waals surface area contributed by atoms with E-state index in [2.05, 4.69) is 20.7 Å². The van der Waals surface area contributed by atoms with Crippen LogP contribution in [0.4, 0.5) is 0 Å². The number of piperazine rings is 1. The molecule has 9 nitrogen and oxygen atoms in total. The maximum absolute atomic E-state index is 13.1. The molecule has 0 radical (unpaired) electrons. The Morgan fingerprint density at radius 2 is 2.16 bits per heavy atom. The average Bonchev–Trinajstić information content (AvgIpc) is 3.33. The van der Waals surface area contributed by atoms with Crippen molar-refractivity contribution in [3.63, 3.8) is 0 Å². The standard InChI is InChI=1S/C16H20N6O3/c1-9-11(7-18-13-6-14(23)20-22(9)13)16(25)21-5-4-17-8-12(21)15(24)19-10-2-3-10/h6-7,10,12,17H,2-5,8H2,1H3,(H,19,24)(H,20,23)/t12-/m1/s1. The normalized spacial score (nSPS) is 20.7. The summed E-state index contributed by atoms with van der Waals surface area (Å²) in [6.07, 6.45) is 3.47. The summed E-state index contributed by atoms with van der Waals surface area (Å²) >= 11 is 0. The van der Waals surface area contributed by atoms with Gasteiger partial charge in [-0.25, -0.2) is 9.50 Å². The van der Waals surface area contributed by atoms with Crippen molar-refractivity contribution < 1.29 is 9.59 Å². The van der Waals surface area contributed by atoms with Gasteiger partial charge in [0.25, 0.3) is 11.5 Å². The van der Waals surface area contributed by atoms with Gasteiger partial charge in [-0.3, -0.25) is 19.5 Å². The fourth-order valence-electron chi connectivity index (χ4n) is 3.15. The highest BCUT2D eigenvalue weighted by atomic mass is 16.2. The second kappa shape index (κ2) is 5.99. The van der Waals surface area contributed by atoms with Crippen LogP contribution in [0, 0.1) is 6.92 Å². The molecule has 9 heteroatoms. The van der Waals surface area contributed by atoms with E-state index in [1.54, 1.807) is 11.8 Å². The predicted molar refractivity (Wildman–Crippen MR) is 89.4 cm³/mol. The van der Waals surface area contributed by atoms with E-state index in [0.717, 1.165) is 12.8 Å². The van der Waals surface area contributed by atoms with Gasteiger partial charge in [-0.15, -0.1) is 0 Å². The summed E-state index contributed by atoms with van der Waals surface area (Å²) in [5, 5.41) is 8.77. The van der Waals surface area contributed by atoms with Crippen molar-refractivity contribution in [2.24, 2.45) is 0 Å². The van der Waals surface area contributed by atoms with Crippen LogP contribution in [0.1, 0.15) is 28.9 Å². The third-order valence-electron chi connectivity index (χ3n) is 4.72. The summed E-state index contributed by atoms with van der Waals surface area (Å²) in [6, 6.07) is 1.08. The van der Waals surface area contributed by atoms with Crippen LogP contribution in [0.15, 0.2) is 17.1 Å². The van der Waals surface area contributed by atoms with E-state index in [1.807, 2.05) is 0 Å². The molecule has 1 aliphatic carbocycles. The minimum absolute atomic E-state index is 0.121. The first-order valence-corrected chi connectivity index (χ1v) is 8.44. The first kappa shape index (κ1) is 15.8. The number of aromatic nitrogens is 3. The molecule has 3 N–H and O–H groups in total. The molecule has 0 unspecified atom stereocenters. The molecular weight excluding hydrogens is 324 g/mol. The number of nitrogens with zero attached hydrogens (tertiary/aromatic N) is 3. The molecule has 3 heterocycles. The van der Waals surface area contributed by atoms with Gasteiger partial charge in [-0.1, -0.05) is 0 Å². The Balaban J connectivity index is 1.64. The minimum Gasteiger partial charge on any atom is -0.352 e. The lowest BCUT2D eigenvalue weighted by Crippen LogP contribution is -2.60. The quantitative estimate of drug-likeness (QED) is 0.663. The molecule has 0 bridgehead atoms. The molecule has 2 fully saturated rings. The number of amides is 2. The Bertz CT molecular complexity index is 897. The van der Waals surface area contributed by atoms with E-state index in [1.165, 1.54) is 16.8 Å². The van der Waals surface area contributed by atoms with Gasteiger partial charge in [0, 0.05) is 37.9 Å². The molecule has 1 saturated carbocycles. The van der Waals surface area contributed by atoms with Crippen LogP contribution < -0.4 is 16.2 Å². The maximum atomic E-state index is 13.1. The maximum Gasteiger partial charge on any atom is 0.266 e. The third-order valence-corrected chi connectivity index (χ3v) is 4.72.